The summed E-state index contributed by atoms with van der Waals surface area (Å²) in [7, 11) is 1.24. The molecule has 3 aromatic heterocycles. The van der Waals surface area contributed by atoms with E-state index in [2.05, 4.69) is 51.5 Å². The Morgan fingerprint density at radius 2 is 1.85 bits per heavy atom. The first kappa shape index (κ1) is 33.5. The molecule has 0 aliphatic carbocycles. The van der Waals surface area contributed by atoms with Gasteiger partial charge < -0.3 is 21.1 Å². The fourth-order valence-electron chi connectivity index (χ4n) is 5.09. The number of carbonyl (C=O) groups excluding carboxylic acids is 3. The molecule has 0 unspecified atom stereocenters. The van der Waals surface area contributed by atoms with E-state index in [9.17, 15) is 14.4 Å². The van der Waals surface area contributed by atoms with Gasteiger partial charge in [-0.3, -0.25) is 19.1 Å². The highest BCUT2D eigenvalue weighted by molar-refractivity contribution is 7.15. The molecule has 0 spiro atoms. The van der Waals surface area contributed by atoms with Crippen molar-refractivity contribution in [2.45, 2.75) is 46.1 Å². The van der Waals surface area contributed by atoms with Gasteiger partial charge in [0.15, 0.2) is 5.82 Å². The van der Waals surface area contributed by atoms with Gasteiger partial charge in [0.05, 0.1) is 25.8 Å². The number of esters is 1. The van der Waals surface area contributed by atoms with Crippen molar-refractivity contribution in [1.82, 2.24) is 25.1 Å². The van der Waals surface area contributed by atoms with Crippen molar-refractivity contribution in [2.75, 3.05) is 25.5 Å². The average molecular weight is 673 g/mol. The molecule has 4 aromatic rings. The Morgan fingerprint density at radius 1 is 1.09 bits per heavy atom. The summed E-state index contributed by atoms with van der Waals surface area (Å²) in [5, 5.41) is 15.9. The number of halogens is 1. The molecule has 4 N–H and O–H groups in total. The lowest BCUT2D eigenvalue weighted by Gasteiger charge is -2.13. The SMILES string of the molecule is COC(=O)c1ccc(C#CCN)nc1NC(=O)CCCNC(=O)C[C@@H]1N=C(c2ccc(Cl)cc2)c2c(sc(C)c2C)-n2c(C)nnc21. The van der Waals surface area contributed by atoms with Crippen molar-refractivity contribution in [3.63, 3.8) is 0 Å². The van der Waals surface area contributed by atoms with E-state index in [0.29, 0.717) is 28.8 Å². The number of nitrogens with zero attached hydrogens (tertiary/aromatic N) is 5. The molecule has 0 radical (unpaired) electrons. The second-order valence-electron chi connectivity index (χ2n) is 10.7. The quantitative estimate of drug-likeness (QED) is 0.135. The molecule has 12 nitrogen and oxygen atoms in total. The van der Waals surface area contributed by atoms with Crippen LogP contribution in [0.5, 0.6) is 0 Å². The molecule has 1 aliphatic heterocycles. The highest BCUT2D eigenvalue weighted by Gasteiger charge is 2.32. The molecule has 0 saturated carbocycles. The number of aliphatic imine (C=N–C) groups is 1. The number of thiophene rings is 1. The number of anilines is 1. The van der Waals surface area contributed by atoms with Gasteiger partial charge in [0.1, 0.15) is 33.9 Å². The molecule has 0 fully saturated rings. The van der Waals surface area contributed by atoms with Gasteiger partial charge in [0, 0.05) is 34.0 Å². The first-order valence-corrected chi connectivity index (χ1v) is 16.0. The predicted molar refractivity (Wildman–Crippen MR) is 180 cm³/mol. The highest BCUT2D eigenvalue weighted by atomic mass is 35.5. The van der Waals surface area contributed by atoms with Gasteiger partial charge in [-0.1, -0.05) is 29.7 Å². The van der Waals surface area contributed by atoms with Gasteiger partial charge in [0.25, 0.3) is 0 Å². The number of hydrogen-bond acceptors (Lipinski definition) is 10. The first-order valence-electron chi connectivity index (χ1n) is 14.8. The summed E-state index contributed by atoms with van der Waals surface area (Å²) in [6, 6.07) is 9.90. The molecule has 14 heteroatoms. The fourth-order valence-corrected chi connectivity index (χ4v) is 6.43. The van der Waals surface area contributed by atoms with E-state index in [1.807, 2.05) is 35.8 Å². The van der Waals surface area contributed by atoms with Crippen molar-refractivity contribution in [1.29, 1.82) is 0 Å². The van der Waals surface area contributed by atoms with Crippen LogP contribution in [0.3, 0.4) is 0 Å². The van der Waals surface area contributed by atoms with Gasteiger partial charge in [-0.05, 0) is 62.9 Å². The Morgan fingerprint density at radius 3 is 2.57 bits per heavy atom. The maximum Gasteiger partial charge on any atom is 0.341 e. The van der Waals surface area contributed by atoms with Crippen LogP contribution in [0.25, 0.3) is 5.00 Å². The van der Waals surface area contributed by atoms with Crippen LogP contribution in [0.4, 0.5) is 5.82 Å². The van der Waals surface area contributed by atoms with E-state index in [1.54, 1.807) is 17.4 Å². The number of hydrogen-bond donors (Lipinski definition) is 3. The third-order valence-corrected chi connectivity index (χ3v) is 8.96. The van der Waals surface area contributed by atoms with Crippen molar-refractivity contribution < 1.29 is 19.1 Å². The van der Waals surface area contributed by atoms with E-state index in [1.165, 1.54) is 13.2 Å². The first-order chi connectivity index (χ1) is 22.6. The molecule has 1 aliphatic rings. The van der Waals surface area contributed by atoms with Crippen LogP contribution in [0, 0.1) is 32.6 Å². The minimum absolute atomic E-state index is 0.0252. The Bertz CT molecular complexity index is 1940. The maximum absolute atomic E-state index is 13.2. The number of aryl methyl sites for hydroxylation is 2. The molecule has 0 saturated heterocycles. The van der Waals surface area contributed by atoms with E-state index in [0.717, 1.165) is 32.3 Å². The number of carbonyl (C=O) groups is 3. The number of amides is 2. The van der Waals surface area contributed by atoms with Gasteiger partial charge >= 0.3 is 5.97 Å². The molecule has 4 heterocycles. The van der Waals surface area contributed by atoms with E-state index >= 15 is 0 Å². The smallest absolute Gasteiger partial charge is 0.341 e. The number of methoxy groups -OCH3 is 1. The van der Waals surface area contributed by atoms with Crippen molar-refractivity contribution in [3.05, 3.63) is 85.9 Å². The third-order valence-electron chi connectivity index (χ3n) is 7.52. The summed E-state index contributed by atoms with van der Waals surface area (Å²) in [5.41, 5.74) is 9.60. The standard InChI is InChI=1S/C33H33ClN8O4S/c1-18-19(2)47-32-28(18)29(21-9-11-22(34)12-10-21)38-25(31-41-40-20(3)42(31)32)17-27(44)36-16-6-8-26(43)39-30-24(33(45)46-4)14-13-23(37-30)7-5-15-35/h9-14,25H,6,8,15-17,35H2,1-4H3,(H,36,44)(H,37,39,43)/t25-/m0/s1. The Labute approximate surface area is 280 Å². The second kappa shape index (κ2) is 14.7. The van der Waals surface area contributed by atoms with Gasteiger partial charge in [-0.25, -0.2) is 9.78 Å². The van der Waals surface area contributed by atoms with Crippen LogP contribution < -0.4 is 16.4 Å². The van der Waals surface area contributed by atoms with E-state index in [4.69, 9.17) is 27.1 Å². The van der Waals surface area contributed by atoms with Crippen LogP contribution in [0.1, 0.15) is 74.6 Å². The number of nitrogens with two attached hydrogens (primary N) is 1. The van der Waals surface area contributed by atoms with Crippen molar-refractivity contribution in [3.8, 4) is 16.8 Å². The molecule has 1 aromatic carbocycles. The summed E-state index contributed by atoms with van der Waals surface area (Å²) >= 11 is 7.83. The molecule has 2 amide bonds. The number of aromatic nitrogens is 4. The molecule has 242 valence electrons. The lowest BCUT2D eigenvalue weighted by molar-refractivity contribution is -0.122. The largest absolute Gasteiger partial charge is 0.465 e. The topological polar surface area (TPSA) is 166 Å². The van der Waals surface area contributed by atoms with Crippen molar-refractivity contribution >= 4 is 52.3 Å². The minimum Gasteiger partial charge on any atom is -0.465 e. The zero-order valence-corrected chi connectivity index (χ0v) is 27.9. The second-order valence-corrected chi connectivity index (χ2v) is 12.3. The maximum atomic E-state index is 13.2. The van der Waals surface area contributed by atoms with Crippen LogP contribution in [0.15, 0.2) is 41.4 Å². The number of ether oxygens (including phenoxy) is 1. The summed E-state index contributed by atoms with van der Waals surface area (Å²) in [6.07, 6.45) is 0.431. The number of rotatable bonds is 9. The van der Waals surface area contributed by atoms with Crippen molar-refractivity contribution in [2.24, 2.45) is 10.7 Å². The number of benzene rings is 1. The van der Waals surface area contributed by atoms with Crippen LogP contribution in [0.2, 0.25) is 5.02 Å². The van der Waals surface area contributed by atoms with E-state index in [-0.39, 0.29) is 49.1 Å². The normalized spacial score (nSPS) is 13.3. The summed E-state index contributed by atoms with van der Waals surface area (Å²) in [4.78, 5) is 48.7. The lowest BCUT2D eigenvalue weighted by Crippen LogP contribution is -2.27. The van der Waals surface area contributed by atoms with Crippen LogP contribution >= 0.6 is 22.9 Å². The third kappa shape index (κ3) is 7.41. The van der Waals surface area contributed by atoms with Crippen LogP contribution in [-0.4, -0.2) is 63.4 Å². The fraction of sp³-hybridized carbons (Fsp3) is 0.303. The minimum atomic E-state index is -0.648. The Balaban J connectivity index is 1.28. The number of pyridine rings is 1. The molecule has 5 rings (SSSR count). The lowest BCUT2D eigenvalue weighted by atomic mass is 9.99. The van der Waals surface area contributed by atoms with Gasteiger partial charge in [-0.15, -0.1) is 21.5 Å². The molecule has 1 atom stereocenters. The van der Waals surface area contributed by atoms with Crippen LogP contribution in [-0.2, 0) is 14.3 Å². The van der Waals surface area contributed by atoms with Gasteiger partial charge in [0.2, 0.25) is 11.8 Å². The molecular weight excluding hydrogens is 640 g/mol. The highest BCUT2D eigenvalue weighted by Crippen LogP contribution is 2.39. The Hall–Kier alpha value is -4.90. The molecular formula is C33H33ClN8O4S. The van der Waals surface area contributed by atoms with E-state index < -0.39 is 12.0 Å². The summed E-state index contributed by atoms with van der Waals surface area (Å²) in [6.45, 7) is 6.40. The number of nitrogens with one attached hydrogen (secondary N) is 2. The zero-order valence-electron chi connectivity index (χ0n) is 26.3. The number of fused-ring (bicyclic) bond motifs is 3. The zero-order chi connectivity index (χ0) is 33.7. The predicted octanol–water partition coefficient (Wildman–Crippen LogP) is 4.22. The molecule has 0 bridgehead atoms. The van der Waals surface area contributed by atoms with Gasteiger partial charge in [-0.2, -0.15) is 0 Å². The molecule has 47 heavy (non-hydrogen) atoms. The summed E-state index contributed by atoms with van der Waals surface area (Å²) in [5.74, 6) is 5.49. The summed E-state index contributed by atoms with van der Waals surface area (Å²) < 4.78 is 6.79. The monoisotopic (exact) mass is 672 g/mol. The average Bonchev–Trinajstić information content (AvgIpc) is 3.53. The Kier molecular flexibility index (Phi) is 10.5.